The van der Waals surface area contributed by atoms with Crippen LogP contribution in [-0.2, 0) is 10.0 Å². The standard InChI is InChI=1S/C24H21BrClN5O3S/c25-18-8-4-3-7-17(18)19-13-20(14-9-11-15(26)12-10-14)31-22(29-19)21(24(30-31)35(27,33)34)23(32)28-16-5-1-2-6-16/h3-4,7-13,16H,1-2,5-6H2,(H,28,32)(H2,27,33,34). The van der Waals surface area contributed by atoms with E-state index in [4.69, 9.17) is 21.7 Å². The Hall–Kier alpha value is -2.79. The van der Waals surface area contributed by atoms with E-state index in [-0.39, 0.29) is 17.3 Å². The monoisotopic (exact) mass is 573 g/mol. The van der Waals surface area contributed by atoms with Gasteiger partial charge in [-0.1, -0.05) is 70.7 Å². The Morgan fingerprint density at radius 1 is 1.11 bits per heavy atom. The molecule has 1 saturated carbocycles. The molecule has 11 heteroatoms. The molecule has 0 aliphatic heterocycles. The number of benzene rings is 2. The first-order valence-electron chi connectivity index (χ1n) is 11.0. The summed E-state index contributed by atoms with van der Waals surface area (Å²) in [6.45, 7) is 0. The number of nitrogens with two attached hydrogens (primary N) is 1. The molecule has 2 aromatic carbocycles. The molecular weight excluding hydrogens is 554 g/mol. The van der Waals surface area contributed by atoms with Crippen LogP contribution in [0.2, 0.25) is 5.02 Å². The quantitative estimate of drug-likeness (QED) is 0.355. The van der Waals surface area contributed by atoms with E-state index in [1.165, 1.54) is 4.52 Å². The van der Waals surface area contributed by atoms with Crippen molar-refractivity contribution in [2.24, 2.45) is 5.14 Å². The van der Waals surface area contributed by atoms with Crippen LogP contribution in [0.1, 0.15) is 36.0 Å². The summed E-state index contributed by atoms with van der Waals surface area (Å²) < 4.78 is 27.2. The number of hydrogen-bond acceptors (Lipinski definition) is 5. The zero-order valence-electron chi connectivity index (χ0n) is 18.4. The lowest BCUT2D eigenvalue weighted by molar-refractivity contribution is 0.0936. The molecule has 0 saturated heterocycles. The van der Waals surface area contributed by atoms with Gasteiger partial charge in [0.2, 0.25) is 5.03 Å². The van der Waals surface area contributed by atoms with Crippen LogP contribution in [0, 0.1) is 0 Å². The number of nitrogens with one attached hydrogen (secondary N) is 1. The van der Waals surface area contributed by atoms with E-state index in [0.717, 1.165) is 35.7 Å². The molecule has 1 aliphatic carbocycles. The highest BCUT2D eigenvalue weighted by molar-refractivity contribution is 9.10. The number of halogens is 2. The second-order valence-electron chi connectivity index (χ2n) is 8.43. The van der Waals surface area contributed by atoms with Crippen molar-refractivity contribution in [2.45, 2.75) is 36.8 Å². The minimum Gasteiger partial charge on any atom is -0.349 e. The summed E-state index contributed by atoms with van der Waals surface area (Å²) >= 11 is 9.64. The summed E-state index contributed by atoms with van der Waals surface area (Å²) in [6.07, 6.45) is 3.68. The molecular formula is C24H21BrClN5O3S. The molecule has 1 fully saturated rings. The average Bonchev–Trinajstić information content (AvgIpc) is 3.47. The van der Waals surface area contributed by atoms with Crippen molar-refractivity contribution in [1.82, 2.24) is 19.9 Å². The zero-order chi connectivity index (χ0) is 24.7. The Bertz CT molecular complexity index is 1550. The Morgan fingerprint density at radius 2 is 1.80 bits per heavy atom. The van der Waals surface area contributed by atoms with Crippen LogP contribution >= 0.6 is 27.5 Å². The lowest BCUT2D eigenvalue weighted by Crippen LogP contribution is -2.33. The maximum absolute atomic E-state index is 13.4. The molecule has 0 spiro atoms. The number of nitrogens with zero attached hydrogens (tertiary/aromatic N) is 3. The van der Waals surface area contributed by atoms with Gasteiger partial charge in [0.15, 0.2) is 5.65 Å². The Labute approximate surface area is 215 Å². The average molecular weight is 575 g/mol. The van der Waals surface area contributed by atoms with Crippen molar-refractivity contribution < 1.29 is 13.2 Å². The van der Waals surface area contributed by atoms with Crippen LogP contribution in [0.15, 0.2) is 64.1 Å². The third-order valence-electron chi connectivity index (χ3n) is 6.03. The van der Waals surface area contributed by atoms with E-state index in [1.807, 2.05) is 24.3 Å². The molecule has 2 aromatic heterocycles. The Morgan fingerprint density at radius 3 is 2.46 bits per heavy atom. The largest absolute Gasteiger partial charge is 0.349 e. The summed E-state index contributed by atoms with van der Waals surface area (Å²) in [5.41, 5.74) is 2.48. The highest BCUT2D eigenvalue weighted by Crippen LogP contribution is 2.33. The molecule has 1 aliphatic rings. The molecule has 180 valence electrons. The number of fused-ring (bicyclic) bond motifs is 1. The minimum absolute atomic E-state index is 0.0343. The maximum atomic E-state index is 13.4. The molecule has 5 rings (SSSR count). The molecule has 0 bridgehead atoms. The number of rotatable bonds is 5. The first kappa shape index (κ1) is 23.9. The van der Waals surface area contributed by atoms with Gasteiger partial charge in [0.25, 0.3) is 15.9 Å². The van der Waals surface area contributed by atoms with Crippen molar-refractivity contribution in [1.29, 1.82) is 0 Å². The summed E-state index contributed by atoms with van der Waals surface area (Å²) in [5.74, 6) is -0.560. The highest BCUT2D eigenvalue weighted by atomic mass is 79.9. The number of amides is 1. The van der Waals surface area contributed by atoms with Crippen LogP contribution < -0.4 is 10.5 Å². The van der Waals surface area contributed by atoms with Gasteiger partial charge in [-0.25, -0.2) is 23.1 Å². The normalized spacial score (nSPS) is 14.5. The molecule has 0 unspecified atom stereocenters. The summed E-state index contributed by atoms with van der Waals surface area (Å²) in [7, 11) is -4.33. The summed E-state index contributed by atoms with van der Waals surface area (Å²) in [5, 5.41) is 12.8. The van der Waals surface area contributed by atoms with Gasteiger partial charge in [0.1, 0.15) is 5.56 Å². The number of hydrogen-bond donors (Lipinski definition) is 2. The predicted octanol–water partition coefficient (Wildman–Crippen LogP) is 4.80. The molecule has 35 heavy (non-hydrogen) atoms. The van der Waals surface area contributed by atoms with Crippen molar-refractivity contribution in [2.75, 3.05) is 0 Å². The second kappa shape index (κ2) is 9.34. The van der Waals surface area contributed by atoms with Gasteiger partial charge in [-0.05, 0) is 37.1 Å². The van der Waals surface area contributed by atoms with E-state index >= 15 is 0 Å². The van der Waals surface area contributed by atoms with Crippen LogP contribution in [0.4, 0.5) is 0 Å². The summed E-state index contributed by atoms with van der Waals surface area (Å²) in [6, 6.07) is 16.3. The number of carbonyl (C=O) groups is 1. The third kappa shape index (κ3) is 4.71. The van der Waals surface area contributed by atoms with Crippen LogP contribution in [0.5, 0.6) is 0 Å². The number of primary sulfonamides is 1. The van der Waals surface area contributed by atoms with E-state index in [0.29, 0.717) is 22.0 Å². The molecule has 4 aromatic rings. The SMILES string of the molecule is NS(=O)(=O)c1nn2c(-c3ccc(Cl)cc3)cc(-c3ccccc3Br)nc2c1C(=O)NC1CCCC1. The van der Waals surface area contributed by atoms with Gasteiger partial charge in [0, 0.05) is 26.7 Å². The first-order valence-corrected chi connectivity index (χ1v) is 13.7. The van der Waals surface area contributed by atoms with E-state index in [1.54, 1.807) is 30.3 Å². The molecule has 8 nitrogen and oxygen atoms in total. The molecule has 3 N–H and O–H groups in total. The van der Waals surface area contributed by atoms with Gasteiger partial charge in [-0.2, -0.15) is 5.10 Å². The smallest absolute Gasteiger partial charge is 0.258 e. The Balaban J connectivity index is 1.81. The number of aromatic nitrogens is 3. The van der Waals surface area contributed by atoms with Gasteiger partial charge >= 0.3 is 0 Å². The fraction of sp³-hybridized carbons (Fsp3) is 0.208. The van der Waals surface area contributed by atoms with Gasteiger partial charge in [-0.3, -0.25) is 4.79 Å². The lowest BCUT2D eigenvalue weighted by Gasteiger charge is -2.13. The number of carbonyl (C=O) groups excluding carboxylic acids is 1. The minimum atomic E-state index is -4.33. The third-order valence-corrected chi connectivity index (χ3v) is 7.80. The highest BCUT2D eigenvalue weighted by Gasteiger charge is 2.31. The fourth-order valence-corrected chi connectivity index (χ4v) is 5.63. The van der Waals surface area contributed by atoms with E-state index in [9.17, 15) is 13.2 Å². The topological polar surface area (TPSA) is 119 Å². The van der Waals surface area contributed by atoms with Crippen LogP contribution in [-0.4, -0.2) is 35.0 Å². The van der Waals surface area contributed by atoms with Gasteiger partial charge < -0.3 is 5.32 Å². The number of sulfonamides is 1. The lowest BCUT2D eigenvalue weighted by atomic mass is 10.1. The fourth-order valence-electron chi connectivity index (χ4n) is 4.36. The van der Waals surface area contributed by atoms with E-state index < -0.39 is 21.0 Å². The van der Waals surface area contributed by atoms with E-state index in [2.05, 4.69) is 26.3 Å². The maximum Gasteiger partial charge on any atom is 0.258 e. The van der Waals surface area contributed by atoms with Gasteiger partial charge in [0.05, 0.1) is 11.4 Å². The predicted molar refractivity (Wildman–Crippen MR) is 138 cm³/mol. The summed E-state index contributed by atoms with van der Waals surface area (Å²) in [4.78, 5) is 18.1. The van der Waals surface area contributed by atoms with Crippen molar-refractivity contribution in [3.63, 3.8) is 0 Å². The van der Waals surface area contributed by atoms with Gasteiger partial charge in [-0.15, -0.1) is 0 Å². The molecule has 0 radical (unpaired) electrons. The van der Waals surface area contributed by atoms with Crippen molar-refractivity contribution >= 4 is 49.1 Å². The Kier molecular flexibility index (Phi) is 6.39. The zero-order valence-corrected chi connectivity index (χ0v) is 21.6. The van der Waals surface area contributed by atoms with Crippen molar-refractivity contribution in [3.05, 3.63) is 69.7 Å². The second-order valence-corrected chi connectivity index (χ2v) is 11.2. The first-order chi connectivity index (χ1) is 16.7. The van der Waals surface area contributed by atoms with Crippen LogP contribution in [0.3, 0.4) is 0 Å². The molecule has 2 heterocycles. The molecule has 1 amide bonds. The molecule has 0 atom stereocenters. The van der Waals surface area contributed by atoms with Crippen molar-refractivity contribution in [3.8, 4) is 22.5 Å². The van der Waals surface area contributed by atoms with Crippen LogP contribution in [0.25, 0.3) is 28.2 Å².